The van der Waals surface area contributed by atoms with Gasteiger partial charge in [-0.3, -0.25) is 9.36 Å². The molecule has 5 nitrogen and oxygen atoms in total. The van der Waals surface area contributed by atoms with Crippen molar-refractivity contribution in [3.05, 3.63) is 34.8 Å². The third-order valence-electron chi connectivity index (χ3n) is 2.19. The van der Waals surface area contributed by atoms with Crippen LogP contribution in [0.4, 0.5) is 0 Å². The van der Waals surface area contributed by atoms with Crippen molar-refractivity contribution in [3.8, 4) is 0 Å². The van der Waals surface area contributed by atoms with Crippen LogP contribution in [-0.4, -0.2) is 17.1 Å². The minimum Gasteiger partial charge on any atom is -0.464 e. The van der Waals surface area contributed by atoms with Gasteiger partial charge in [-0.2, -0.15) is 0 Å². The predicted molar refractivity (Wildman–Crippen MR) is 57.1 cm³/mol. The molecule has 0 unspecified atom stereocenters. The lowest BCUT2D eigenvalue weighted by atomic mass is 10.3. The second kappa shape index (κ2) is 4.22. The molecule has 0 fully saturated rings. The number of esters is 1. The zero-order chi connectivity index (χ0) is 11.5. The lowest BCUT2D eigenvalue weighted by molar-refractivity contribution is -0.141. The van der Waals surface area contributed by atoms with Crippen LogP contribution in [0.15, 0.2) is 33.5 Å². The number of benzene rings is 1. The van der Waals surface area contributed by atoms with E-state index < -0.39 is 5.76 Å². The highest BCUT2D eigenvalue weighted by Gasteiger charge is 2.07. The van der Waals surface area contributed by atoms with E-state index in [2.05, 4.69) is 0 Å². The number of carbonyl (C=O) groups is 1. The zero-order valence-electron chi connectivity index (χ0n) is 8.80. The predicted octanol–water partition coefficient (Wildman–Crippen LogP) is 1.16. The van der Waals surface area contributed by atoms with Crippen molar-refractivity contribution < 1.29 is 13.9 Å². The van der Waals surface area contributed by atoms with Gasteiger partial charge < -0.3 is 9.15 Å². The lowest BCUT2D eigenvalue weighted by Crippen LogP contribution is -2.18. The molecule has 0 amide bonds. The summed E-state index contributed by atoms with van der Waals surface area (Å²) in [7, 11) is 0. The average molecular weight is 221 g/mol. The Morgan fingerprint density at radius 1 is 1.44 bits per heavy atom. The molecule has 0 spiro atoms. The Morgan fingerprint density at radius 3 is 2.94 bits per heavy atom. The summed E-state index contributed by atoms with van der Waals surface area (Å²) >= 11 is 0. The summed E-state index contributed by atoms with van der Waals surface area (Å²) in [6, 6.07) is 7.12. The maximum atomic E-state index is 11.5. The fourth-order valence-electron chi connectivity index (χ4n) is 1.51. The van der Waals surface area contributed by atoms with Crippen LogP contribution in [0.5, 0.6) is 0 Å². The first-order valence-electron chi connectivity index (χ1n) is 4.90. The van der Waals surface area contributed by atoms with Gasteiger partial charge in [0.15, 0.2) is 5.58 Å². The fraction of sp³-hybridized carbons (Fsp3) is 0.273. The molecule has 0 saturated heterocycles. The Morgan fingerprint density at radius 2 is 2.19 bits per heavy atom. The minimum atomic E-state index is -0.437. The summed E-state index contributed by atoms with van der Waals surface area (Å²) in [5.41, 5.74) is 1.25. The Bertz CT molecular complexity index is 567. The van der Waals surface area contributed by atoms with E-state index in [1.807, 2.05) is 6.07 Å². The van der Waals surface area contributed by atoms with E-state index in [9.17, 15) is 9.59 Å². The summed E-state index contributed by atoms with van der Waals surface area (Å²) < 4.78 is 11.2. The van der Waals surface area contributed by atoms with Gasteiger partial charge in [0.1, 0.15) is 6.61 Å². The molecule has 0 atom stereocenters. The van der Waals surface area contributed by atoms with Crippen molar-refractivity contribution in [2.75, 3.05) is 6.61 Å². The van der Waals surface area contributed by atoms with Gasteiger partial charge in [-0.05, 0) is 12.1 Å². The van der Waals surface area contributed by atoms with Crippen LogP contribution < -0.4 is 5.76 Å². The zero-order valence-corrected chi connectivity index (χ0v) is 8.80. The van der Waals surface area contributed by atoms with E-state index in [0.29, 0.717) is 17.6 Å². The second-order valence-electron chi connectivity index (χ2n) is 3.33. The molecule has 16 heavy (non-hydrogen) atoms. The number of oxazole rings is 1. The lowest BCUT2D eigenvalue weighted by Gasteiger charge is -2.02. The van der Waals surface area contributed by atoms with Crippen molar-refractivity contribution in [1.29, 1.82) is 0 Å². The van der Waals surface area contributed by atoms with E-state index in [-0.39, 0.29) is 12.6 Å². The van der Waals surface area contributed by atoms with Gasteiger partial charge in [-0.1, -0.05) is 12.1 Å². The van der Waals surface area contributed by atoms with Crippen molar-refractivity contribution in [2.24, 2.45) is 0 Å². The van der Waals surface area contributed by atoms with E-state index in [4.69, 9.17) is 9.15 Å². The molecule has 5 heteroatoms. The third kappa shape index (κ3) is 1.98. The number of aromatic nitrogens is 1. The first kappa shape index (κ1) is 10.5. The topological polar surface area (TPSA) is 61.4 Å². The molecule has 0 aliphatic heterocycles. The Balaban J connectivity index is 2.26. The molecule has 1 aromatic carbocycles. The smallest absolute Gasteiger partial charge is 0.420 e. The third-order valence-corrected chi connectivity index (χ3v) is 2.19. The SMILES string of the molecule is CC(=O)OCCn1c(=O)oc2ccccc21. The molecule has 0 radical (unpaired) electrons. The summed E-state index contributed by atoms with van der Waals surface area (Å²) in [4.78, 5) is 22.1. The van der Waals surface area contributed by atoms with Crippen LogP contribution in [0.3, 0.4) is 0 Å². The number of ether oxygens (including phenoxy) is 1. The number of rotatable bonds is 3. The molecule has 2 rings (SSSR count). The van der Waals surface area contributed by atoms with Gasteiger partial charge in [0, 0.05) is 6.92 Å². The Hall–Kier alpha value is -2.04. The van der Waals surface area contributed by atoms with Gasteiger partial charge in [0.2, 0.25) is 0 Å². The van der Waals surface area contributed by atoms with Crippen LogP contribution in [0.1, 0.15) is 6.92 Å². The van der Waals surface area contributed by atoms with Crippen molar-refractivity contribution in [2.45, 2.75) is 13.5 Å². The first-order chi connectivity index (χ1) is 7.68. The molecule has 0 aliphatic carbocycles. The van der Waals surface area contributed by atoms with Crippen LogP contribution >= 0.6 is 0 Å². The largest absolute Gasteiger partial charge is 0.464 e. The molecule has 2 aromatic rings. The van der Waals surface area contributed by atoms with Crippen molar-refractivity contribution in [1.82, 2.24) is 4.57 Å². The van der Waals surface area contributed by atoms with Crippen molar-refractivity contribution >= 4 is 17.1 Å². The summed E-state index contributed by atoms with van der Waals surface area (Å²) in [6.07, 6.45) is 0. The Labute approximate surface area is 91.2 Å². The van der Waals surface area contributed by atoms with Crippen LogP contribution in [0.2, 0.25) is 0 Å². The molecule has 0 aliphatic rings. The normalized spacial score (nSPS) is 10.6. The second-order valence-corrected chi connectivity index (χ2v) is 3.33. The maximum absolute atomic E-state index is 11.5. The quantitative estimate of drug-likeness (QED) is 0.729. The van der Waals surface area contributed by atoms with Gasteiger partial charge in [0.05, 0.1) is 12.1 Å². The van der Waals surface area contributed by atoms with E-state index in [1.165, 1.54) is 11.5 Å². The molecular formula is C11H11NO4. The van der Waals surface area contributed by atoms with Crippen LogP contribution in [0.25, 0.3) is 11.1 Å². The number of carbonyl (C=O) groups excluding carboxylic acids is 1. The fourth-order valence-corrected chi connectivity index (χ4v) is 1.51. The summed E-state index contributed by atoms with van der Waals surface area (Å²) in [6.45, 7) is 1.80. The highest BCUT2D eigenvalue weighted by Crippen LogP contribution is 2.11. The van der Waals surface area contributed by atoms with E-state index >= 15 is 0 Å². The highest BCUT2D eigenvalue weighted by molar-refractivity contribution is 5.72. The highest BCUT2D eigenvalue weighted by atomic mass is 16.5. The minimum absolute atomic E-state index is 0.165. The Kier molecular flexibility index (Phi) is 2.76. The number of hydrogen-bond donors (Lipinski definition) is 0. The molecule has 0 saturated carbocycles. The number of para-hydroxylation sites is 2. The van der Waals surface area contributed by atoms with Gasteiger partial charge in [-0.15, -0.1) is 0 Å². The molecule has 0 N–H and O–H groups in total. The molecule has 84 valence electrons. The number of nitrogens with zero attached hydrogens (tertiary/aromatic N) is 1. The average Bonchev–Trinajstić information content (AvgIpc) is 2.55. The molecule has 0 bridgehead atoms. The van der Waals surface area contributed by atoms with Gasteiger partial charge >= 0.3 is 11.7 Å². The number of hydrogen-bond acceptors (Lipinski definition) is 4. The van der Waals surface area contributed by atoms with E-state index in [1.54, 1.807) is 18.2 Å². The maximum Gasteiger partial charge on any atom is 0.420 e. The van der Waals surface area contributed by atoms with E-state index in [0.717, 1.165) is 0 Å². The molecule has 1 aromatic heterocycles. The van der Waals surface area contributed by atoms with Gasteiger partial charge in [0.25, 0.3) is 0 Å². The van der Waals surface area contributed by atoms with Crippen LogP contribution in [0, 0.1) is 0 Å². The number of fused-ring (bicyclic) bond motifs is 1. The summed E-state index contributed by atoms with van der Waals surface area (Å²) in [5, 5.41) is 0. The monoisotopic (exact) mass is 221 g/mol. The van der Waals surface area contributed by atoms with Crippen LogP contribution in [-0.2, 0) is 16.1 Å². The molecular weight excluding hydrogens is 210 g/mol. The standard InChI is InChI=1S/C11H11NO4/c1-8(13)15-7-6-12-9-4-2-3-5-10(9)16-11(12)14/h2-5H,6-7H2,1H3. The van der Waals surface area contributed by atoms with Gasteiger partial charge in [-0.25, -0.2) is 4.79 Å². The van der Waals surface area contributed by atoms with Crippen molar-refractivity contribution in [3.63, 3.8) is 0 Å². The molecule has 1 heterocycles. The first-order valence-corrected chi connectivity index (χ1v) is 4.90. The summed E-state index contributed by atoms with van der Waals surface area (Å²) in [5.74, 6) is -0.797.